The summed E-state index contributed by atoms with van der Waals surface area (Å²) in [5, 5.41) is 0.799. The third kappa shape index (κ3) is 3.38. The number of hydrogen-bond acceptors (Lipinski definition) is 2. The molecule has 1 unspecified atom stereocenters. The van der Waals surface area contributed by atoms with Gasteiger partial charge in [-0.2, -0.15) is 0 Å². The summed E-state index contributed by atoms with van der Waals surface area (Å²) in [5.74, 6) is -1.03. The Hall–Kier alpha value is -1.33. The van der Waals surface area contributed by atoms with Gasteiger partial charge in [-0.15, -0.1) is 0 Å². The van der Waals surface area contributed by atoms with Crippen LogP contribution in [0.1, 0.15) is 44.1 Å². The SMILES string of the molecule is O=S(c1ccc(Cl)cn1)C1(c2cc(F)ccc2F)CCCCCC1. The minimum Gasteiger partial charge on any atom is -0.252 e. The summed E-state index contributed by atoms with van der Waals surface area (Å²) >= 11 is 5.85. The van der Waals surface area contributed by atoms with Gasteiger partial charge in [0.15, 0.2) is 0 Å². The van der Waals surface area contributed by atoms with Crippen molar-refractivity contribution in [3.63, 3.8) is 0 Å². The number of halogens is 3. The molecule has 6 heteroatoms. The van der Waals surface area contributed by atoms with E-state index in [1.165, 1.54) is 12.3 Å². The zero-order valence-electron chi connectivity index (χ0n) is 13.1. The van der Waals surface area contributed by atoms with Crippen LogP contribution in [0.25, 0.3) is 0 Å². The highest BCUT2D eigenvalue weighted by Crippen LogP contribution is 2.44. The monoisotopic (exact) mass is 369 g/mol. The quantitative estimate of drug-likeness (QED) is 0.681. The number of pyridine rings is 1. The number of hydrogen-bond donors (Lipinski definition) is 0. The van der Waals surface area contributed by atoms with Gasteiger partial charge >= 0.3 is 0 Å². The molecule has 0 N–H and O–H groups in total. The van der Waals surface area contributed by atoms with Gasteiger partial charge in [0, 0.05) is 11.8 Å². The molecule has 0 bridgehead atoms. The molecule has 1 aliphatic rings. The first-order valence-electron chi connectivity index (χ1n) is 8.02. The average molecular weight is 370 g/mol. The zero-order chi connectivity index (χ0) is 17.2. The summed E-state index contributed by atoms with van der Waals surface area (Å²) in [6.45, 7) is 0. The molecule has 0 spiro atoms. The molecule has 1 aromatic heterocycles. The maximum absolute atomic E-state index is 14.5. The number of aromatic nitrogens is 1. The van der Waals surface area contributed by atoms with E-state index in [0.29, 0.717) is 22.9 Å². The van der Waals surface area contributed by atoms with Crippen LogP contribution in [0.5, 0.6) is 0 Å². The maximum atomic E-state index is 14.5. The second-order valence-electron chi connectivity index (χ2n) is 6.12. The minimum atomic E-state index is -1.59. The first-order valence-corrected chi connectivity index (χ1v) is 9.55. The third-order valence-electron chi connectivity index (χ3n) is 4.58. The summed E-state index contributed by atoms with van der Waals surface area (Å²) in [7, 11) is -1.59. The first kappa shape index (κ1) is 17.5. The Labute approximate surface area is 147 Å². The van der Waals surface area contributed by atoms with Crippen molar-refractivity contribution in [2.75, 3.05) is 0 Å². The van der Waals surface area contributed by atoms with E-state index < -0.39 is 27.2 Å². The Kier molecular flexibility index (Phi) is 5.30. The van der Waals surface area contributed by atoms with E-state index in [1.807, 2.05) is 0 Å². The van der Waals surface area contributed by atoms with Crippen LogP contribution in [0.15, 0.2) is 41.6 Å². The van der Waals surface area contributed by atoms with E-state index >= 15 is 0 Å². The molecule has 1 aliphatic carbocycles. The van der Waals surface area contributed by atoms with Gasteiger partial charge < -0.3 is 0 Å². The minimum absolute atomic E-state index is 0.194. The van der Waals surface area contributed by atoms with Gasteiger partial charge in [0.05, 0.1) is 20.6 Å². The lowest BCUT2D eigenvalue weighted by Gasteiger charge is -2.32. The van der Waals surface area contributed by atoms with E-state index in [9.17, 15) is 13.0 Å². The molecule has 1 fully saturated rings. The van der Waals surface area contributed by atoms with Crippen LogP contribution < -0.4 is 0 Å². The Morgan fingerprint density at radius 2 is 1.75 bits per heavy atom. The predicted octanol–water partition coefficient (Wildman–Crippen LogP) is 5.37. The largest absolute Gasteiger partial charge is 0.252 e. The highest BCUT2D eigenvalue weighted by Gasteiger charge is 2.42. The van der Waals surface area contributed by atoms with E-state index in [-0.39, 0.29) is 5.56 Å². The molecule has 1 aromatic carbocycles. The second-order valence-corrected chi connectivity index (χ2v) is 8.29. The molecule has 1 heterocycles. The van der Waals surface area contributed by atoms with Gasteiger partial charge in [-0.05, 0) is 43.2 Å². The summed E-state index contributed by atoms with van der Waals surface area (Å²) in [6, 6.07) is 6.61. The number of rotatable bonds is 3. The fraction of sp³-hybridized carbons (Fsp3) is 0.389. The van der Waals surface area contributed by atoms with E-state index in [1.54, 1.807) is 12.1 Å². The van der Waals surface area contributed by atoms with Crippen LogP contribution in [0.3, 0.4) is 0 Å². The highest BCUT2D eigenvalue weighted by molar-refractivity contribution is 7.86. The molecule has 2 nitrogen and oxygen atoms in total. The van der Waals surface area contributed by atoms with Gasteiger partial charge in [-0.25, -0.2) is 13.8 Å². The van der Waals surface area contributed by atoms with Gasteiger partial charge in [-0.3, -0.25) is 4.21 Å². The Morgan fingerprint density at radius 3 is 2.38 bits per heavy atom. The first-order chi connectivity index (χ1) is 11.5. The third-order valence-corrected chi connectivity index (χ3v) is 6.76. The molecule has 0 amide bonds. The fourth-order valence-corrected chi connectivity index (χ4v) is 5.24. The van der Waals surface area contributed by atoms with Crippen LogP contribution in [0, 0.1) is 11.6 Å². The van der Waals surface area contributed by atoms with Gasteiger partial charge in [0.1, 0.15) is 16.7 Å². The van der Waals surface area contributed by atoms with Crippen molar-refractivity contribution in [2.24, 2.45) is 0 Å². The average Bonchev–Trinajstić information content (AvgIpc) is 2.84. The van der Waals surface area contributed by atoms with E-state index in [4.69, 9.17) is 11.6 Å². The smallest absolute Gasteiger partial charge is 0.128 e. The van der Waals surface area contributed by atoms with Crippen LogP contribution in [-0.2, 0) is 15.5 Å². The van der Waals surface area contributed by atoms with Crippen molar-refractivity contribution in [1.82, 2.24) is 4.98 Å². The number of benzene rings is 1. The van der Waals surface area contributed by atoms with Crippen molar-refractivity contribution < 1.29 is 13.0 Å². The summed E-state index contributed by atoms with van der Waals surface area (Å²) in [5.41, 5.74) is 0.194. The lowest BCUT2D eigenvalue weighted by Crippen LogP contribution is -2.33. The normalized spacial score (nSPS) is 18.8. The van der Waals surface area contributed by atoms with Crippen molar-refractivity contribution in [1.29, 1.82) is 0 Å². The molecule has 0 saturated heterocycles. The molecule has 1 atom stereocenters. The Morgan fingerprint density at radius 1 is 1.04 bits per heavy atom. The van der Waals surface area contributed by atoms with Crippen LogP contribution in [0.2, 0.25) is 5.02 Å². The van der Waals surface area contributed by atoms with Crippen LogP contribution in [0.4, 0.5) is 8.78 Å². The molecular weight excluding hydrogens is 352 g/mol. The van der Waals surface area contributed by atoms with Crippen molar-refractivity contribution in [3.05, 3.63) is 58.7 Å². The lowest BCUT2D eigenvalue weighted by atomic mass is 9.90. The van der Waals surface area contributed by atoms with Gasteiger partial charge in [-0.1, -0.05) is 37.3 Å². The van der Waals surface area contributed by atoms with Crippen LogP contribution in [-0.4, -0.2) is 9.19 Å². The summed E-state index contributed by atoms with van der Waals surface area (Å²) < 4.78 is 40.7. The number of nitrogens with zero attached hydrogens (tertiary/aromatic N) is 1. The second kappa shape index (κ2) is 7.28. The molecule has 3 rings (SSSR count). The zero-order valence-corrected chi connectivity index (χ0v) is 14.7. The van der Waals surface area contributed by atoms with Gasteiger partial charge in [0.25, 0.3) is 0 Å². The lowest BCUT2D eigenvalue weighted by molar-refractivity contribution is 0.473. The Balaban J connectivity index is 2.13. The fourth-order valence-electron chi connectivity index (χ4n) is 3.37. The molecular formula is C18H18ClF2NOS. The standard InChI is InChI=1S/C18H18ClF2NOS/c19-13-5-8-17(22-12-13)24(23)18(9-3-1-2-4-10-18)15-11-14(20)6-7-16(15)21/h5-8,11-12H,1-4,9-10H2. The molecule has 128 valence electrons. The topological polar surface area (TPSA) is 30.0 Å². The molecule has 24 heavy (non-hydrogen) atoms. The molecule has 1 saturated carbocycles. The van der Waals surface area contributed by atoms with Gasteiger partial charge in [0.2, 0.25) is 0 Å². The Bertz CT molecular complexity index is 743. The molecule has 0 radical (unpaired) electrons. The van der Waals surface area contributed by atoms with Crippen LogP contribution >= 0.6 is 11.6 Å². The predicted molar refractivity (Wildman–Crippen MR) is 91.4 cm³/mol. The van der Waals surface area contributed by atoms with Crippen molar-refractivity contribution in [3.8, 4) is 0 Å². The molecule has 0 aliphatic heterocycles. The van der Waals surface area contributed by atoms with E-state index in [2.05, 4.69) is 4.98 Å². The maximum Gasteiger partial charge on any atom is 0.128 e. The molecule has 2 aromatic rings. The summed E-state index contributed by atoms with van der Waals surface area (Å²) in [6.07, 6.45) is 6.19. The highest BCUT2D eigenvalue weighted by atomic mass is 35.5. The summed E-state index contributed by atoms with van der Waals surface area (Å²) in [4.78, 5) is 4.16. The van der Waals surface area contributed by atoms with Crippen molar-refractivity contribution >= 4 is 22.4 Å². The van der Waals surface area contributed by atoms with E-state index in [0.717, 1.165) is 37.8 Å². The van der Waals surface area contributed by atoms with Crippen molar-refractivity contribution in [2.45, 2.75) is 48.3 Å².